The van der Waals surface area contributed by atoms with Crippen molar-refractivity contribution in [1.29, 1.82) is 0 Å². The Bertz CT molecular complexity index is 457. The Balaban J connectivity index is 2.47. The van der Waals surface area contributed by atoms with Gasteiger partial charge in [-0.25, -0.2) is 4.79 Å². The highest BCUT2D eigenvalue weighted by atomic mass is 16.5. The fourth-order valence-corrected chi connectivity index (χ4v) is 1.58. The smallest absolute Gasteiger partial charge is 0.338 e. The molecule has 21 heavy (non-hydrogen) atoms. The summed E-state index contributed by atoms with van der Waals surface area (Å²) in [6, 6.07) is 7.00. The third kappa shape index (κ3) is 6.40. The Hall–Kier alpha value is -1.88. The van der Waals surface area contributed by atoms with Gasteiger partial charge in [-0.1, -0.05) is 13.8 Å². The molecule has 5 nitrogen and oxygen atoms in total. The highest BCUT2D eigenvalue weighted by Crippen LogP contribution is 2.10. The molecule has 116 valence electrons. The van der Waals surface area contributed by atoms with Crippen molar-refractivity contribution in [2.75, 3.05) is 18.5 Å². The lowest BCUT2D eigenvalue weighted by atomic mass is 10.2. The monoisotopic (exact) mass is 292 g/mol. The first-order valence-corrected chi connectivity index (χ1v) is 7.37. The molecular formula is C16H24N2O3. The molecule has 0 heterocycles. The van der Waals surface area contributed by atoms with Gasteiger partial charge in [0, 0.05) is 11.7 Å². The van der Waals surface area contributed by atoms with E-state index >= 15 is 0 Å². The van der Waals surface area contributed by atoms with E-state index in [9.17, 15) is 9.59 Å². The van der Waals surface area contributed by atoms with Crippen molar-refractivity contribution in [2.24, 2.45) is 0 Å². The van der Waals surface area contributed by atoms with E-state index in [0.29, 0.717) is 23.9 Å². The Kier molecular flexibility index (Phi) is 7.46. The zero-order chi connectivity index (χ0) is 15.7. The van der Waals surface area contributed by atoms with Crippen LogP contribution in [-0.2, 0) is 9.53 Å². The average molecular weight is 292 g/mol. The summed E-state index contributed by atoms with van der Waals surface area (Å²) in [5.41, 5.74) is 1.15. The molecule has 1 atom stereocenters. The number of nitrogens with one attached hydrogen (secondary N) is 2. The second kappa shape index (κ2) is 9.13. The number of esters is 1. The van der Waals surface area contributed by atoms with Crippen LogP contribution >= 0.6 is 0 Å². The SMILES string of the molecule is CCCOC(=O)c1ccc(NC(=O)CNC(C)CC)cc1. The summed E-state index contributed by atoms with van der Waals surface area (Å²) in [4.78, 5) is 23.4. The van der Waals surface area contributed by atoms with E-state index in [-0.39, 0.29) is 18.4 Å². The molecule has 0 saturated heterocycles. The normalized spacial score (nSPS) is 11.8. The molecule has 0 bridgehead atoms. The van der Waals surface area contributed by atoms with Gasteiger partial charge in [-0.15, -0.1) is 0 Å². The molecule has 0 aliphatic rings. The highest BCUT2D eigenvalue weighted by molar-refractivity contribution is 5.94. The maximum atomic E-state index is 11.7. The van der Waals surface area contributed by atoms with E-state index < -0.39 is 0 Å². The quantitative estimate of drug-likeness (QED) is 0.723. The fraction of sp³-hybridized carbons (Fsp3) is 0.500. The van der Waals surface area contributed by atoms with Gasteiger partial charge in [0.05, 0.1) is 18.7 Å². The molecule has 0 saturated carbocycles. The van der Waals surface area contributed by atoms with Crippen LogP contribution in [0.5, 0.6) is 0 Å². The van der Waals surface area contributed by atoms with Crippen molar-refractivity contribution in [1.82, 2.24) is 5.32 Å². The first-order chi connectivity index (χ1) is 10.1. The lowest BCUT2D eigenvalue weighted by Gasteiger charge is -2.11. The van der Waals surface area contributed by atoms with E-state index in [2.05, 4.69) is 17.6 Å². The largest absolute Gasteiger partial charge is 0.462 e. The topological polar surface area (TPSA) is 67.4 Å². The first kappa shape index (κ1) is 17.2. The van der Waals surface area contributed by atoms with Crippen molar-refractivity contribution >= 4 is 17.6 Å². The number of hydrogen-bond donors (Lipinski definition) is 2. The van der Waals surface area contributed by atoms with Crippen LogP contribution in [0.25, 0.3) is 0 Å². The third-order valence-electron chi connectivity index (χ3n) is 3.07. The summed E-state index contributed by atoms with van der Waals surface area (Å²) >= 11 is 0. The lowest BCUT2D eigenvalue weighted by Crippen LogP contribution is -2.33. The van der Waals surface area contributed by atoms with Crippen LogP contribution in [0.15, 0.2) is 24.3 Å². The molecule has 1 amide bonds. The maximum Gasteiger partial charge on any atom is 0.338 e. The number of anilines is 1. The first-order valence-electron chi connectivity index (χ1n) is 7.37. The van der Waals surface area contributed by atoms with Gasteiger partial charge in [-0.05, 0) is 44.0 Å². The van der Waals surface area contributed by atoms with Crippen molar-refractivity contribution in [3.63, 3.8) is 0 Å². The minimum atomic E-state index is -0.340. The molecule has 1 rings (SSSR count). The summed E-state index contributed by atoms with van der Waals surface area (Å²) in [6.07, 6.45) is 1.77. The second-order valence-corrected chi connectivity index (χ2v) is 4.95. The number of ether oxygens (including phenoxy) is 1. The molecule has 0 fully saturated rings. The van der Waals surface area contributed by atoms with Crippen LogP contribution in [-0.4, -0.2) is 31.1 Å². The molecule has 1 aromatic rings. The standard InChI is InChI=1S/C16H24N2O3/c1-4-10-21-16(20)13-6-8-14(9-7-13)18-15(19)11-17-12(3)5-2/h6-9,12,17H,4-5,10-11H2,1-3H3,(H,18,19). The minimum Gasteiger partial charge on any atom is -0.462 e. The number of amides is 1. The molecule has 1 aromatic carbocycles. The summed E-state index contributed by atoms with van der Waals surface area (Å²) in [5.74, 6) is -0.440. The van der Waals surface area contributed by atoms with Crippen molar-refractivity contribution in [3.05, 3.63) is 29.8 Å². The van der Waals surface area contributed by atoms with Crippen LogP contribution in [0.1, 0.15) is 44.0 Å². The molecule has 0 aliphatic carbocycles. The van der Waals surface area contributed by atoms with Gasteiger partial charge in [0.1, 0.15) is 0 Å². The van der Waals surface area contributed by atoms with E-state index in [4.69, 9.17) is 4.74 Å². The van der Waals surface area contributed by atoms with E-state index in [0.717, 1.165) is 12.8 Å². The van der Waals surface area contributed by atoms with Crippen LogP contribution in [0, 0.1) is 0 Å². The molecule has 1 unspecified atom stereocenters. The highest BCUT2D eigenvalue weighted by Gasteiger charge is 2.08. The Labute approximate surface area is 126 Å². The lowest BCUT2D eigenvalue weighted by molar-refractivity contribution is -0.115. The molecule has 0 spiro atoms. The predicted molar refractivity (Wildman–Crippen MR) is 83.4 cm³/mol. The molecular weight excluding hydrogens is 268 g/mol. The van der Waals surface area contributed by atoms with Gasteiger partial charge in [0.25, 0.3) is 0 Å². The number of benzene rings is 1. The van der Waals surface area contributed by atoms with Crippen LogP contribution < -0.4 is 10.6 Å². The van der Waals surface area contributed by atoms with Gasteiger partial charge in [-0.3, -0.25) is 4.79 Å². The Morgan fingerprint density at radius 2 is 1.86 bits per heavy atom. The minimum absolute atomic E-state index is 0.100. The third-order valence-corrected chi connectivity index (χ3v) is 3.07. The van der Waals surface area contributed by atoms with Gasteiger partial charge >= 0.3 is 5.97 Å². The number of rotatable bonds is 8. The molecule has 0 aromatic heterocycles. The maximum absolute atomic E-state index is 11.7. The zero-order valence-electron chi connectivity index (χ0n) is 12.9. The fourth-order valence-electron chi connectivity index (χ4n) is 1.58. The van der Waals surface area contributed by atoms with Crippen LogP contribution in [0.2, 0.25) is 0 Å². The number of carbonyl (C=O) groups excluding carboxylic acids is 2. The van der Waals surface area contributed by atoms with Gasteiger partial charge in [0.15, 0.2) is 0 Å². The Morgan fingerprint density at radius 3 is 2.43 bits per heavy atom. The van der Waals surface area contributed by atoms with Crippen molar-refractivity contribution in [2.45, 2.75) is 39.7 Å². The molecule has 0 radical (unpaired) electrons. The molecule has 0 aliphatic heterocycles. The average Bonchev–Trinajstić information content (AvgIpc) is 2.50. The summed E-state index contributed by atoms with van der Waals surface area (Å²) < 4.78 is 5.04. The summed E-state index contributed by atoms with van der Waals surface area (Å²) in [6.45, 7) is 6.73. The van der Waals surface area contributed by atoms with Gasteiger partial charge in [-0.2, -0.15) is 0 Å². The molecule has 5 heteroatoms. The van der Waals surface area contributed by atoms with Crippen LogP contribution in [0.3, 0.4) is 0 Å². The van der Waals surface area contributed by atoms with Crippen LogP contribution in [0.4, 0.5) is 5.69 Å². The zero-order valence-corrected chi connectivity index (χ0v) is 12.9. The second-order valence-electron chi connectivity index (χ2n) is 4.95. The van der Waals surface area contributed by atoms with E-state index in [1.807, 2.05) is 13.8 Å². The van der Waals surface area contributed by atoms with Gasteiger partial charge in [0.2, 0.25) is 5.91 Å². The van der Waals surface area contributed by atoms with E-state index in [1.165, 1.54) is 0 Å². The van der Waals surface area contributed by atoms with E-state index in [1.54, 1.807) is 24.3 Å². The molecule has 2 N–H and O–H groups in total. The van der Waals surface area contributed by atoms with Gasteiger partial charge < -0.3 is 15.4 Å². The van der Waals surface area contributed by atoms with Crippen molar-refractivity contribution in [3.8, 4) is 0 Å². The number of carbonyl (C=O) groups is 2. The summed E-state index contributed by atoms with van der Waals surface area (Å²) in [5, 5.41) is 5.90. The van der Waals surface area contributed by atoms with Crippen molar-refractivity contribution < 1.29 is 14.3 Å². The summed E-state index contributed by atoms with van der Waals surface area (Å²) in [7, 11) is 0. The number of hydrogen-bond acceptors (Lipinski definition) is 4. The Morgan fingerprint density at radius 1 is 1.19 bits per heavy atom. The predicted octanol–water partition coefficient (Wildman–Crippen LogP) is 2.58.